The molecule has 0 radical (unpaired) electrons. The summed E-state index contributed by atoms with van der Waals surface area (Å²) in [4.78, 5) is 0. The van der Waals surface area contributed by atoms with Crippen LogP contribution in [-0.4, -0.2) is 24.4 Å². The minimum absolute atomic E-state index is 0.000150. The molecule has 0 bridgehead atoms. The van der Waals surface area contributed by atoms with Crippen LogP contribution < -0.4 is 10.1 Å². The van der Waals surface area contributed by atoms with Crippen molar-refractivity contribution < 1.29 is 14.2 Å². The lowest BCUT2D eigenvalue weighted by molar-refractivity contribution is 0.104. The summed E-state index contributed by atoms with van der Waals surface area (Å²) in [5.74, 6) is 0.339. The van der Waals surface area contributed by atoms with Crippen LogP contribution in [0.3, 0.4) is 0 Å². The van der Waals surface area contributed by atoms with E-state index >= 15 is 0 Å². The first kappa shape index (κ1) is 16.9. The maximum Gasteiger partial charge on any atom is 0.123 e. The van der Waals surface area contributed by atoms with Gasteiger partial charge in [-0.3, -0.25) is 0 Å². The number of rotatable bonds is 7. The van der Waals surface area contributed by atoms with Crippen LogP contribution in [0.5, 0.6) is 5.75 Å². The second kappa shape index (κ2) is 8.28. The molecule has 0 saturated heterocycles. The topological polar surface area (TPSA) is 65.3 Å². The average molecular weight is 314 g/mol. The van der Waals surface area contributed by atoms with E-state index in [-0.39, 0.29) is 18.5 Å². The van der Waals surface area contributed by atoms with Crippen molar-refractivity contribution in [2.75, 3.05) is 13.2 Å². The highest BCUT2D eigenvalue weighted by molar-refractivity contribution is 5.34. The van der Waals surface area contributed by atoms with Gasteiger partial charge in [0.25, 0.3) is 0 Å². The van der Waals surface area contributed by atoms with E-state index in [9.17, 15) is 9.50 Å². The molecule has 5 heteroatoms. The van der Waals surface area contributed by atoms with Crippen molar-refractivity contribution in [3.8, 4) is 11.8 Å². The molecule has 4 nitrogen and oxygen atoms in total. The smallest absolute Gasteiger partial charge is 0.123 e. The Bertz CT molecular complexity index is 650. The minimum Gasteiger partial charge on any atom is -0.491 e. The highest BCUT2D eigenvalue weighted by Crippen LogP contribution is 2.13. The van der Waals surface area contributed by atoms with Crippen LogP contribution in [-0.2, 0) is 0 Å². The minimum atomic E-state index is -0.673. The molecule has 2 rings (SSSR count). The molecule has 0 aliphatic carbocycles. The summed E-state index contributed by atoms with van der Waals surface area (Å²) < 4.78 is 18.4. The highest BCUT2D eigenvalue weighted by Gasteiger charge is 2.09. The van der Waals surface area contributed by atoms with Crippen LogP contribution in [0.1, 0.15) is 24.1 Å². The van der Waals surface area contributed by atoms with Crippen LogP contribution in [0.25, 0.3) is 0 Å². The van der Waals surface area contributed by atoms with Crippen molar-refractivity contribution in [2.45, 2.75) is 19.1 Å². The van der Waals surface area contributed by atoms with Gasteiger partial charge in [-0.25, -0.2) is 4.39 Å². The molecule has 2 aromatic rings. The third-order valence-corrected chi connectivity index (χ3v) is 3.46. The summed E-state index contributed by atoms with van der Waals surface area (Å²) in [6, 6.07) is 15.0. The number of aliphatic hydroxyl groups excluding tert-OH is 1. The lowest BCUT2D eigenvalue weighted by Crippen LogP contribution is -2.33. The molecule has 2 atom stereocenters. The van der Waals surface area contributed by atoms with Gasteiger partial charge >= 0.3 is 0 Å². The van der Waals surface area contributed by atoms with Gasteiger partial charge in [0.05, 0.1) is 11.6 Å². The van der Waals surface area contributed by atoms with Crippen LogP contribution >= 0.6 is 0 Å². The SMILES string of the molecule is CC(NCC(O)COc1ccc(C#N)cc1)c1ccc(F)cc1. The third kappa shape index (κ3) is 5.37. The van der Waals surface area contributed by atoms with Crippen molar-refractivity contribution in [2.24, 2.45) is 0 Å². The molecule has 0 saturated carbocycles. The average Bonchev–Trinajstić information content (AvgIpc) is 2.59. The molecule has 0 aromatic heterocycles. The molecular weight excluding hydrogens is 295 g/mol. The van der Waals surface area contributed by atoms with Gasteiger partial charge in [-0.2, -0.15) is 5.26 Å². The van der Waals surface area contributed by atoms with Crippen molar-refractivity contribution in [1.29, 1.82) is 5.26 Å². The number of benzene rings is 2. The van der Waals surface area contributed by atoms with E-state index in [1.165, 1.54) is 12.1 Å². The lowest BCUT2D eigenvalue weighted by Gasteiger charge is -2.18. The number of hydrogen-bond donors (Lipinski definition) is 2. The zero-order valence-corrected chi connectivity index (χ0v) is 12.9. The van der Waals surface area contributed by atoms with E-state index in [2.05, 4.69) is 5.32 Å². The molecule has 0 amide bonds. The Balaban J connectivity index is 1.75. The van der Waals surface area contributed by atoms with Crippen LogP contribution in [0.4, 0.5) is 4.39 Å². The standard InChI is InChI=1S/C18H19FN2O2/c1-13(15-4-6-16(19)7-5-15)21-11-17(22)12-23-18-8-2-14(10-20)3-9-18/h2-9,13,17,21-22H,11-12H2,1H3. The maximum absolute atomic E-state index is 12.9. The van der Waals surface area contributed by atoms with Gasteiger partial charge in [0.15, 0.2) is 0 Å². The molecule has 2 N–H and O–H groups in total. The molecular formula is C18H19FN2O2. The van der Waals surface area contributed by atoms with E-state index < -0.39 is 6.10 Å². The van der Waals surface area contributed by atoms with E-state index in [1.807, 2.05) is 13.0 Å². The van der Waals surface area contributed by atoms with Gasteiger partial charge in [0, 0.05) is 12.6 Å². The number of nitrogens with zero attached hydrogens (tertiary/aromatic N) is 1. The zero-order valence-electron chi connectivity index (χ0n) is 12.9. The van der Waals surface area contributed by atoms with Gasteiger partial charge in [-0.15, -0.1) is 0 Å². The first-order valence-electron chi connectivity index (χ1n) is 7.38. The summed E-state index contributed by atoms with van der Waals surface area (Å²) >= 11 is 0. The molecule has 0 spiro atoms. The maximum atomic E-state index is 12.9. The Kier molecular flexibility index (Phi) is 6.10. The van der Waals surface area contributed by atoms with E-state index in [1.54, 1.807) is 36.4 Å². The van der Waals surface area contributed by atoms with Crippen LogP contribution in [0, 0.1) is 17.1 Å². The fraction of sp³-hybridized carbons (Fsp3) is 0.278. The lowest BCUT2D eigenvalue weighted by atomic mass is 10.1. The van der Waals surface area contributed by atoms with Gasteiger partial charge in [-0.1, -0.05) is 12.1 Å². The first-order chi connectivity index (χ1) is 11.1. The van der Waals surface area contributed by atoms with Gasteiger partial charge < -0.3 is 15.2 Å². The fourth-order valence-corrected chi connectivity index (χ4v) is 2.06. The molecule has 0 fully saturated rings. The van der Waals surface area contributed by atoms with Crippen molar-refractivity contribution in [1.82, 2.24) is 5.32 Å². The van der Waals surface area contributed by atoms with Crippen LogP contribution in [0.15, 0.2) is 48.5 Å². The third-order valence-electron chi connectivity index (χ3n) is 3.46. The molecule has 0 aliphatic heterocycles. The highest BCUT2D eigenvalue weighted by atomic mass is 19.1. The number of halogens is 1. The fourth-order valence-electron chi connectivity index (χ4n) is 2.06. The summed E-state index contributed by atoms with van der Waals surface area (Å²) in [5.41, 5.74) is 1.51. The van der Waals surface area contributed by atoms with E-state index in [0.717, 1.165) is 5.56 Å². The monoisotopic (exact) mass is 314 g/mol. The molecule has 23 heavy (non-hydrogen) atoms. The summed E-state index contributed by atoms with van der Waals surface area (Å²) in [6.45, 7) is 2.45. The van der Waals surface area contributed by atoms with Crippen LogP contribution in [0.2, 0.25) is 0 Å². The summed E-state index contributed by atoms with van der Waals surface area (Å²) in [5, 5.41) is 21.8. The number of aliphatic hydroxyl groups is 1. The molecule has 120 valence electrons. The Hall–Kier alpha value is -2.42. The predicted molar refractivity (Wildman–Crippen MR) is 85.5 cm³/mol. The van der Waals surface area contributed by atoms with Gasteiger partial charge in [0.1, 0.15) is 24.3 Å². The number of hydrogen-bond acceptors (Lipinski definition) is 4. The van der Waals surface area contributed by atoms with E-state index in [0.29, 0.717) is 17.9 Å². The van der Waals surface area contributed by atoms with Gasteiger partial charge in [0.2, 0.25) is 0 Å². The summed E-state index contributed by atoms with van der Waals surface area (Å²) in [6.07, 6.45) is -0.673. The Labute approximate surface area is 135 Å². The first-order valence-corrected chi connectivity index (χ1v) is 7.38. The normalized spacial score (nSPS) is 13.1. The molecule has 0 aliphatic rings. The Morgan fingerprint density at radius 3 is 2.43 bits per heavy atom. The van der Waals surface area contributed by atoms with E-state index in [4.69, 9.17) is 10.00 Å². The van der Waals surface area contributed by atoms with Crippen molar-refractivity contribution >= 4 is 0 Å². The Morgan fingerprint density at radius 1 is 1.17 bits per heavy atom. The van der Waals surface area contributed by atoms with Crippen molar-refractivity contribution in [3.05, 3.63) is 65.5 Å². The Morgan fingerprint density at radius 2 is 1.83 bits per heavy atom. The number of ether oxygens (including phenoxy) is 1. The number of nitrogens with one attached hydrogen (secondary N) is 1. The molecule has 2 aromatic carbocycles. The summed E-state index contributed by atoms with van der Waals surface area (Å²) in [7, 11) is 0. The van der Waals surface area contributed by atoms with Gasteiger partial charge in [-0.05, 0) is 48.9 Å². The molecule has 2 unspecified atom stereocenters. The number of nitriles is 1. The predicted octanol–water partition coefficient (Wildman–Crippen LogP) is 2.79. The van der Waals surface area contributed by atoms with Crippen molar-refractivity contribution in [3.63, 3.8) is 0 Å². The quantitative estimate of drug-likeness (QED) is 0.825. The second-order valence-corrected chi connectivity index (χ2v) is 5.28. The molecule has 0 heterocycles. The largest absolute Gasteiger partial charge is 0.491 e. The second-order valence-electron chi connectivity index (χ2n) is 5.28. The zero-order chi connectivity index (χ0) is 16.7.